The minimum atomic E-state index is 0.723. The van der Waals surface area contributed by atoms with Crippen LogP contribution in [-0.2, 0) is 6.42 Å². The summed E-state index contributed by atoms with van der Waals surface area (Å²) in [6.07, 6.45) is 19.5. The Bertz CT molecular complexity index is 709. The number of benzene rings is 1. The quantitative estimate of drug-likeness (QED) is 0.232. The molecule has 3 heteroatoms. The van der Waals surface area contributed by atoms with Gasteiger partial charge < -0.3 is 4.74 Å². The van der Waals surface area contributed by atoms with Gasteiger partial charge in [-0.2, -0.15) is 0 Å². The van der Waals surface area contributed by atoms with Crippen LogP contribution in [0.4, 0.5) is 0 Å². The summed E-state index contributed by atoms with van der Waals surface area (Å²) in [5.74, 6) is 3.25. The van der Waals surface area contributed by atoms with E-state index in [-0.39, 0.29) is 0 Å². The van der Waals surface area contributed by atoms with Crippen molar-refractivity contribution in [2.75, 3.05) is 6.61 Å². The van der Waals surface area contributed by atoms with Crippen LogP contribution in [0.25, 0.3) is 11.4 Å². The lowest BCUT2D eigenvalue weighted by Gasteiger charge is -2.13. The van der Waals surface area contributed by atoms with Gasteiger partial charge >= 0.3 is 0 Å². The fourth-order valence-electron chi connectivity index (χ4n) is 4.02. The number of hydrogen-bond acceptors (Lipinski definition) is 3. The van der Waals surface area contributed by atoms with Crippen LogP contribution in [0, 0.1) is 11.8 Å². The second-order valence-corrected chi connectivity index (χ2v) is 9.88. The highest BCUT2D eigenvalue weighted by Crippen LogP contribution is 2.21. The molecule has 1 aromatic heterocycles. The second kappa shape index (κ2) is 15.8. The number of aromatic nitrogens is 2. The molecule has 0 fully saturated rings. The Morgan fingerprint density at radius 1 is 0.750 bits per heavy atom. The molecule has 1 atom stereocenters. The van der Waals surface area contributed by atoms with E-state index in [0.29, 0.717) is 0 Å². The first-order valence-electron chi connectivity index (χ1n) is 13.1. The van der Waals surface area contributed by atoms with Crippen LogP contribution in [0.3, 0.4) is 0 Å². The van der Waals surface area contributed by atoms with E-state index in [0.717, 1.165) is 48.4 Å². The number of nitrogens with zero attached hydrogens (tertiary/aromatic N) is 2. The van der Waals surface area contributed by atoms with Gasteiger partial charge in [0.2, 0.25) is 0 Å². The van der Waals surface area contributed by atoms with Gasteiger partial charge in [0.15, 0.2) is 5.82 Å². The lowest BCUT2D eigenvalue weighted by Crippen LogP contribution is -2.04. The summed E-state index contributed by atoms with van der Waals surface area (Å²) >= 11 is 0. The highest BCUT2D eigenvalue weighted by Gasteiger charge is 2.06. The van der Waals surface area contributed by atoms with Gasteiger partial charge in [0.1, 0.15) is 5.75 Å². The number of ether oxygens (including phenoxy) is 1. The first-order chi connectivity index (χ1) is 15.6. The highest BCUT2D eigenvalue weighted by atomic mass is 16.5. The number of hydrogen-bond donors (Lipinski definition) is 0. The third kappa shape index (κ3) is 11.1. The molecule has 1 unspecified atom stereocenters. The minimum Gasteiger partial charge on any atom is -0.494 e. The van der Waals surface area contributed by atoms with E-state index in [9.17, 15) is 0 Å². The van der Waals surface area contributed by atoms with Crippen LogP contribution in [-0.4, -0.2) is 16.6 Å². The molecule has 3 nitrogen and oxygen atoms in total. The largest absolute Gasteiger partial charge is 0.494 e. The molecule has 178 valence electrons. The van der Waals surface area contributed by atoms with Crippen LogP contribution in [0.1, 0.15) is 104 Å². The Labute approximate surface area is 197 Å². The van der Waals surface area contributed by atoms with Crippen molar-refractivity contribution in [2.45, 2.75) is 105 Å². The maximum Gasteiger partial charge on any atom is 0.159 e. The lowest BCUT2D eigenvalue weighted by atomic mass is 9.98. The van der Waals surface area contributed by atoms with E-state index in [2.05, 4.69) is 49.8 Å². The van der Waals surface area contributed by atoms with Crippen LogP contribution in [0.15, 0.2) is 36.7 Å². The van der Waals surface area contributed by atoms with Crippen molar-refractivity contribution in [3.05, 3.63) is 42.2 Å². The number of unbranched alkanes of at least 4 members (excludes halogenated alkanes) is 6. The molecular weight excluding hydrogens is 392 g/mol. The van der Waals surface area contributed by atoms with Crippen molar-refractivity contribution in [3.63, 3.8) is 0 Å². The zero-order valence-corrected chi connectivity index (χ0v) is 21.1. The summed E-state index contributed by atoms with van der Waals surface area (Å²) in [7, 11) is 0. The Morgan fingerprint density at radius 2 is 1.41 bits per heavy atom. The van der Waals surface area contributed by atoms with E-state index in [1.54, 1.807) is 0 Å². The predicted molar refractivity (Wildman–Crippen MR) is 137 cm³/mol. The van der Waals surface area contributed by atoms with Crippen molar-refractivity contribution in [1.82, 2.24) is 9.97 Å². The molecular formula is C29H46N2O. The molecule has 2 aromatic rings. The molecule has 0 amide bonds. The zero-order valence-electron chi connectivity index (χ0n) is 21.1. The summed E-state index contributed by atoms with van der Waals surface area (Å²) in [5.41, 5.74) is 2.28. The molecule has 32 heavy (non-hydrogen) atoms. The fraction of sp³-hybridized carbons (Fsp3) is 0.655. The van der Waals surface area contributed by atoms with Gasteiger partial charge in [-0.05, 0) is 60.9 Å². The highest BCUT2D eigenvalue weighted by molar-refractivity contribution is 5.55. The van der Waals surface area contributed by atoms with Gasteiger partial charge in [0.05, 0.1) is 6.61 Å². The molecule has 0 saturated heterocycles. The Morgan fingerprint density at radius 3 is 2.06 bits per heavy atom. The number of rotatable bonds is 17. The molecule has 1 aromatic carbocycles. The van der Waals surface area contributed by atoms with Gasteiger partial charge in [-0.3, -0.25) is 0 Å². The van der Waals surface area contributed by atoms with Crippen LogP contribution in [0.5, 0.6) is 5.75 Å². The van der Waals surface area contributed by atoms with E-state index >= 15 is 0 Å². The van der Waals surface area contributed by atoms with Crippen molar-refractivity contribution >= 4 is 0 Å². The van der Waals surface area contributed by atoms with E-state index in [1.165, 1.54) is 69.8 Å². The molecule has 0 aliphatic rings. The molecule has 0 radical (unpaired) electrons. The standard InChI is InChI=1S/C29H46N2O/c1-5-6-7-8-9-10-11-15-26-22-30-29(31-23-26)27-16-18-28(19-17-27)32-21-20-25(4)14-12-13-24(2)3/h16-19,22-25H,5-15,20-21H2,1-4H3. The monoisotopic (exact) mass is 438 g/mol. The molecule has 1 heterocycles. The molecule has 0 saturated carbocycles. The van der Waals surface area contributed by atoms with Crippen molar-refractivity contribution < 1.29 is 4.74 Å². The van der Waals surface area contributed by atoms with Gasteiger partial charge in [0.25, 0.3) is 0 Å². The molecule has 2 rings (SSSR count). The van der Waals surface area contributed by atoms with Gasteiger partial charge in [-0.25, -0.2) is 9.97 Å². The van der Waals surface area contributed by atoms with Crippen molar-refractivity contribution in [2.24, 2.45) is 11.8 Å². The first-order valence-corrected chi connectivity index (χ1v) is 13.1. The average Bonchev–Trinajstić information content (AvgIpc) is 2.79. The topological polar surface area (TPSA) is 35.0 Å². The Kier molecular flexibility index (Phi) is 13.0. The summed E-state index contributed by atoms with van der Waals surface area (Å²) in [6, 6.07) is 8.20. The van der Waals surface area contributed by atoms with E-state index < -0.39 is 0 Å². The SMILES string of the molecule is CCCCCCCCCc1cnc(-c2ccc(OCCC(C)CCCC(C)C)cc2)nc1. The number of aryl methyl sites for hydroxylation is 1. The lowest BCUT2D eigenvalue weighted by molar-refractivity contribution is 0.276. The Balaban J connectivity index is 1.67. The van der Waals surface area contributed by atoms with Gasteiger partial charge in [0, 0.05) is 18.0 Å². The van der Waals surface area contributed by atoms with Crippen molar-refractivity contribution in [1.29, 1.82) is 0 Å². The summed E-state index contributed by atoms with van der Waals surface area (Å²) in [6.45, 7) is 9.99. The molecule has 0 N–H and O–H groups in total. The zero-order chi connectivity index (χ0) is 23.0. The maximum absolute atomic E-state index is 5.96. The van der Waals surface area contributed by atoms with E-state index in [1.807, 2.05) is 24.5 Å². The third-order valence-corrected chi connectivity index (χ3v) is 6.24. The van der Waals surface area contributed by atoms with Gasteiger partial charge in [-0.15, -0.1) is 0 Å². The molecule has 0 bridgehead atoms. The summed E-state index contributed by atoms with van der Waals surface area (Å²) < 4.78 is 5.96. The van der Waals surface area contributed by atoms with Crippen LogP contribution in [0.2, 0.25) is 0 Å². The fourth-order valence-corrected chi connectivity index (χ4v) is 4.02. The van der Waals surface area contributed by atoms with E-state index in [4.69, 9.17) is 4.74 Å². The van der Waals surface area contributed by atoms with Crippen molar-refractivity contribution in [3.8, 4) is 17.1 Å². The third-order valence-electron chi connectivity index (χ3n) is 6.24. The predicted octanol–water partition coefficient (Wildman–Crippen LogP) is 8.67. The normalized spacial score (nSPS) is 12.3. The molecule has 0 aliphatic carbocycles. The molecule has 0 spiro atoms. The minimum absolute atomic E-state index is 0.723. The van der Waals surface area contributed by atoms with Gasteiger partial charge in [-0.1, -0.05) is 85.5 Å². The second-order valence-electron chi connectivity index (χ2n) is 9.88. The van der Waals surface area contributed by atoms with Crippen LogP contribution >= 0.6 is 0 Å². The summed E-state index contributed by atoms with van der Waals surface area (Å²) in [4.78, 5) is 9.18. The average molecular weight is 439 g/mol. The Hall–Kier alpha value is -1.90. The molecule has 0 aliphatic heterocycles. The maximum atomic E-state index is 5.96. The first kappa shape index (κ1) is 26.4. The smallest absolute Gasteiger partial charge is 0.159 e. The van der Waals surface area contributed by atoms with Crippen LogP contribution < -0.4 is 4.74 Å². The summed E-state index contributed by atoms with van der Waals surface area (Å²) in [5, 5.41) is 0.